The van der Waals surface area contributed by atoms with Crippen LogP contribution in [0.2, 0.25) is 5.02 Å². The number of aryl methyl sites for hydroxylation is 1. The first kappa shape index (κ1) is 13.6. The van der Waals surface area contributed by atoms with Gasteiger partial charge in [-0.2, -0.15) is 5.10 Å². The third kappa shape index (κ3) is 2.76. The highest BCUT2D eigenvalue weighted by Gasteiger charge is 2.21. The van der Waals surface area contributed by atoms with E-state index in [1.54, 1.807) is 17.5 Å². The molecule has 0 spiro atoms. The first-order valence-electron chi connectivity index (χ1n) is 6.25. The van der Waals surface area contributed by atoms with Crippen LogP contribution in [-0.2, 0) is 6.54 Å². The number of rotatable bonds is 6. The third-order valence-corrected chi connectivity index (χ3v) is 4.01. The molecule has 0 aliphatic carbocycles. The summed E-state index contributed by atoms with van der Waals surface area (Å²) >= 11 is 8.05. The third-order valence-electron chi connectivity index (χ3n) is 2.78. The Kier molecular flexibility index (Phi) is 4.80. The van der Waals surface area contributed by atoms with Crippen LogP contribution in [0.5, 0.6) is 0 Å². The molecule has 18 heavy (non-hydrogen) atoms. The molecule has 2 heterocycles. The Balaban J connectivity index is 2.39. The van der Waals surface area contributed by atoms with Crippen LogP contribution in [0.4, 0.5) is 0 Å². The summed E-state index contributed by atoms with van der Waals surface area (Å²) in [5.41, 5.74) is 1.07. The molecule has 5 heteroatoms. The molecule has 2 rings (SSSR count). The summed E-state index contributed by atoms with van der Waals surface area (Å²) in [6.45, 7) is 6.05. The van der Waals surface area contributed by atoms with Gasteiger partial charge >= 0.3 is 0 Å². The van der Waals surface area contributed by atoms with Crippen molar-refractivity contribution in [3.63, 3.8) is 0 Å². The fourth-order valence-corrected chi connectivity index (χ4v) is 3.09. The molecule has 0 aliphatic rings. The Morgan fingerprint density at radius 3 is 2.94 bits per heavy atom. The lowest BCUT2D eigenvalue weighted by Gasteiger charge is -2.18. The summed E-state index contributed by atoms with van der Waals surface area (Å²) in [6, 6.07) is 4.34. The van der Waals surface area contributed by atoms with Gasteiger partial charge in [0.15, 0.2) is 0 Å². The second-order valence-corrected chi connectivity index (χ2v) is 5.49. The van der Waals surface area contributed by atoms with Crippen LogP contribution >= 0.6 is 22.9 Å². The molecule has 3 nitrogen and oxygen atoms in total. The molecule has 1 unspecified atom stereocenters. The number of nitrogens with zero attached hydrogens (tertiary/aromatic N) is 2. The van der Waals surface area contributed by atoms with Crippen molar-refractivity contribution < 1.29 is 0 Å². The van der Waals surface area contributed by atoms with E-state index in [1.807, 2.05) is 4.68 Å². The van der Waals surface area contributed by atoms with Crippen molar-refractivity contribution in [2.75, 3.05) is 6.54 Å². The van der Waals surface area contributed by atoms with E-state index < -0.39 is 0 Å². The highest BCUT2D eigenvalue weighted by atomic mass is 35.5. The predicted molar refractivity (Wildman–Crippen MR) is 77.4 cm³/mol. The molecular weight excluding hydrogens is 266 g/mol. The van der Waals surface area contributed by atoms with Crippen molar-refractivity contribution in [2.45, 2.75) is 32.9 Å². The number of halogens is 1. The molecule has 0 aliphatic heterocycles. The summed E-state index contributed by atoms with van der Waals surface area (Å²) in [4.78, 5) is 1.27. The lowest BCUT2D eigenvalue weighted by atomic mass is 10.1. The number of aromatic nitrogens is 2. The minimum Gasteiger partial charge on any atom is -0.305 e. The molecular formula is C13H18ClN3S. The van der Waals surface area contributed by atoms with Crippen LogP contribution in [0.25, 0.3) is 0 Å². The van der Waals surface area contributed by atoms with Gasteiger partial charge in [0.05, 0.1) is 23.0 Å². The van der Waals surface area contributed by atoms with Crippen LogP contribution in [0, 0.1) is 0 Å². The van der Waals surface area contributed by atoms with Gasteiger partial charge in [0.25, 0.3) is 0 Å². The van der Waals surface area contributed by atoms with Crippen molar-refractivity contribution in [1.82, 2.24) is 15.1 Å². The molecule has 0 saturated heterocycles. The fourth-order valence-electron chi connectivity index (χ4n) is 2.04. The van der Waals surface area contributed by atoms with E-state index in [2.05, 4.69) is 41.8 Å². The molecule has 0 fully saturated rings. The Bertz CT molecular complexity index is 478. The second kappa shape index (κ2) is 6.36. The van der Waals surface area contributed by atoms with E-state index in [-0.39, 0.29) is 6.04 Å². The summed E-state index contributed by atoms with van der Waals surface area (Å²) in [6.07, 6.45) is 2.79. The summed E-state index contributed by atoms with van der Waals surface area (Å²) < 4.78 is 2.01. The van der Waals surface area contributed by atoms with E-state index in [9.17, 15) is 0 Å². The standard InChI is InChI=1S/C13H18ClN3S/c1-3-7-17-13(10(14)9-16-17)12(15-4-2)11-6-5-8-18-11/h5-6,8-9,12,15H,3-4,7H2,1-2H3. The average molecular weight is 284 g/mol. The molecule has 0 bridgehead atoms. The Morgan fingerprint density at radius 1 is 1.50 bits per heavy atom. The molecule has 0 aromatic carbocycles. The maximum atomic E-state index is 6.31. The summed E-state index contributed by atoms with van der Waals surface area (Å²) in [7, 11) is 0. The fraction of sp³-hybridized carbons (Fsp3) is 0.462. The van der Waals surface area contributed by atoms with E-state index in [1.165, 1.54) is 4.88 Å². The van der Waals surface area contributed by atoms with E-state index >= 15 is 0 Å². The Hall–Kier alpha value is -0.840. The summed E-state index contributed by atoms with van der Waals surface area (Å²) in [5.74, 6) is 0. The van der Waals surface area contributed by atoms with Gasteiger partial charge in [-0.05, 0) is 24.4 Å². The van der Waals surface area contributed by atoms with Gasteiger partial charge in [-0.1, -0.05) is 31.5 Å². The Morgan fingerprint density at radius 2 is 2.33 bits per heavy atom. The van der Waals surface area contributed by atoms with E-state index in [0.717, 1.165) is 30.2 Å². The molecule has 98 valence electrons. The number of hydrogen-bond donors (Lipinski definition) is 1. The van der Waals surface area contributed by atoms with Gasteiger partial charge in [0.2, 0.25) is 0 Å². The predicted octanol–water partition coefficient (Wildman–Crippen LogP) is 3.71. The lowest BCUT2D eigenvalue weighted by molar-refractivity contribution is 0.524. The zero-order valence-corrected chi connectivity index (χ0v) is 12.3. The smallest absolute Gasteiger partial charge is 0.0857 e. The van der Waals surface area contributed by atoms with E-state index in [0.29, 0.717) is 0 Å². The topological polar surface area (TPSA) is 29.9 Å². The van der Waals surface area contributed by atoms with Crippen molar-refractivity contribution in [3.8, 4) is 0 Å². The first-order valence-corrected chi connectivity index (χ1v) is 7.51. The van der Waals surface area contributed by atoms with Crippen molar-refractivity contribution in [2.24, 2.45) is 0 Å². The normalized spacial score (nSPS) is 12.8. The van der Waals surface area contributed by atoms with Crippen molar-refractivity contribution >= 4 is 22.9 Å². The molecule has 2 aromatic rings. The molecule has 1 N–H and O–H groups in total. The van der Waals surface area contributed by atoms with Crippen LogP contribution in [0.3, 0.4) is 0 Å². The minimum atomic E-state index is 0.136. The van der Waals surface area contributed by atoms with Crippen LogP contribution in [-0.4, -0.2) is 16.3 Å². The number of nitrogens with one attached hydrogen (secondary N) is 1. The van der Waals surface area contributed by atoms with Crippen molar-refractivity contribution in [1.29, 1.82) is 0 Å². The minimum absolute atomic E-state index is 0.136. The summed E-state index contributed by atoms with van der Waals surface area (Å²) in [5, 5.41) is 10.7. The molecule has 0 saturated carbocycles. The number of hydrogen-bond acceptors (Lipinski definition) is 3. The van der Waals surface area contributed by atoms with Gasteiger partial charge in [0.1, 0.15) is 0 Å². The van der Waals surface area contributed by atoms with Gasteiger partial charge in [-0.3, -0.25) is 4.68 Å². The van der Waals surface area contributed by atoms with Gasteiger partial charge in [-0.25, -0.2) is 0 Å². The number of thiophene rings is 1. The average Bonchev–Trinajstić information content (AvgIpc) is 2.98. The van der Waals surface area contributed by atoms with Crippen LogP contribution in [0.15, 0.2) is 23.7 Å². The largest absolute Gasteiger partial charge is 0.305 e. The lowest BCUT2D eigenvalue weighted by Crippen LogP contribution is -2.24. The highest BCUT2D eigenvalue weighted by molar-refractivity contribution is 7.10. The highest BCUT2D eigenvalue weighted by Crippen LogP contribution is 2.30. The zero-order chi connectivity index (χ0) is 13.0. The van der Waals surface area contributed by atoms with Gasteiger partial charge in [0, 0.05) is 11.4 Å². The van der Waals surface area contributed by atoms with Gasteiger partial charge in [-0.15, -0.1) is 11.3 Å². The SMILES string of the molecule is CCCn1ncc(Cl)c1C(NCC)c1cccs1. The van der Waals surface area contributed by atoms with E-state index in [4.69, 9.17) is 11.6 Å². The van der Waals surface area contributed by atoms with Crippen LogP contribution in [0.1, 0.15) is 36.9 Å². The monoisotopic (exact) mass is 283 g/mol. The molecule has 2 aromatic heterocycles. The van der Waals surface area contributed by atoms with Crippen LogP contribution < -0.4 is 5.32 Å². The first-order chi connectivity index (χ1) is 8.77. The van der Waals surface area contributed by atoms with Crippen molar-refractivity contribution in [3.05, 3.63) is 39.3 Å². The maximum Gasteiger partial charge on any atom is 0.0857 e. The van der Waals surface area contributed by atoms with Gasteiger partial charge < -0.3 is 5.32 Å². The molecule has 0 amide bonds. The maximum absolute atomic E-state index is 6.31. The Labute approximate surface area is 117 Å². The molecule has 1 atom stereocenters. The second-order valence-electron chi connectivity index (χ2n) is 4.11. The quantitative estimate of drug-likeness (QED) is 0.876. The zero-order valence-electron chi connectivity index (χ0n) is 10.7. The molecule has 0 radical (unpaired) electrons.